The van der Waals surface area contributed by atoms with Gasteiger partial charge in [-0.1, -0.05) is 30.3 Å². The van der Waals surface area contributed by atoms with Crippen molar-refractivity contribution in [2.45, 2.75) is 0 Å². The molecule has 4 aromatic rings. The molecule has 0 saturated heterocycles. The Balaban J connectivity index is 1.75. The number of hydrogen-bond donors (Lipinski definition) is 2. The molecular formula is C27H17N5. The molecule has 0 unspecified atom stereocenters. The lowest BCUT2D eigenvalue weighted by Crippen LogP contribution is -1.80. The third-order valence-electron chi connectivity index (χ3n) is 5.52. The molecule has 2 aliphatic heterocycles. The van der Waals surface area contributed by atoms with Gasteiger partial charge in [-0.3, -0.25) is 0 Å². The summed E-state index contributed by atoms with van der Waals surface area (Å²) in [5, 5.41) is 10.1. The van der Waals surface area contributed by atoms with Crippen molar-refractivity contribution in [2.75, 3.05) is 0 Å². The molecule has 0 atom stereocenters. The van der Waals surface area contributed by atoms with E-state index >= 15 is 0 Å². The Morgan fingerprint density at radius 3 is 1.78 bits per heavy atom. The first-order chi connectivity index (χ1) is 15.7. The minimum Gasteiger partial charge on any atom is -0.355 e. The van der Waals surface area contributed by atoms with Gasteiger partial charge in [0.05, 0.1) is 33.9 Å². The van der Waals surface area contributed by atoms with Crippen molar-refractivity contribution in [3.63, 3.8) is 0 Å². The Kier molecular flexibility index (Phi) is 4.09. The molecule has 0 spiro atoms. The SMILES string of the molecule is N#Cc1c(-c2ccccc2)c2cc3nc(cc4ccc(cc5nc(cc1[nH]2)C=C5)[nH]4)C=C3. The fourth-order valence-electron chi connectivity index (χ4n) is 4.10. The summed E-state index contributed by atoms with van der Waals surface area (Å²) in [4.78, 5) is 16.3. The second-order valence-electron chi connectivity index (χ2n) is 7.72. The predicted octanol–water partition coefficient (Wildman–Crippen LogP) is 6.19. The molecule has 6 rings (SSSR count). The minimum absolute atomic E-state index is 0.590. The average molecular weight is 411 g/mol. The van der Waals surface area contributed by atoms with Crippen molar-refractivity contribution >= 4 is 46.4 Å². The molecule has 5 heterocycles. The van der Waals surface area contributed by atoms with Crippen LogP contribution in [0.3, 0.4) is 0 Å². The highest BCUT2D eigenvalue weighted by Crippen LogP contribution is 2.32. The van der Waals surface area contributed by atoms with Crippen LogP contribution in [0.5, 0.6) is 0 Å². The van der Waals surface area contributed by atoms with E-state index in [1.165, 1.54) is 0 Å². The van der Waals surface area contributed by atoms with Gasteiger partial charge in [0.2, 0.25) is 0 Å². The topological polar surface area (TPSA) is 81.2 Å². The molecule has 2 aliphatic rings. The number of aromatic amines is 2. The monoisotopic (exact) mass is 411 g/mol. The number of benzene rings is 1. The summed E-state index contributed by atoms with van der Waals surface area (Å²) >= 11 is 0. The summed E-state index contributed by atoms with van der Waals surface area (Å²) in [5.41, 5.74) is 9.29. The first-order valence-electron chi connectivity index (χ1n) is 10.3. The molecular weight excluding hydrogens is 394 g/mol. The molecule has 0 amide bonds. The predicted molar refractivity (Wildman–Crippen MR) is 129 cm³/mol. The van der Waals surface area contributed by atoms with Crippen LogP contribution in [-0.4, -0.2) is 19.9 Å². The maximum Gasteiger partial charge on any atom is 0.102 e. The zero-order chi connectivity index (χ0) is 21.5. The van der Waals surface area contributed by atoms with E-state index in [-0.39, 0.29) is 0 Å². The van der Waals surface area contributed by atoms with Crippen LogP contribution in [-0.2, 0) is 0 Å². The minimum atomic E-state index is 0.590. The summed E-state index contributed by atoms with van der Waals surface area (Å²) in [6.45, 7) is 0. The van der Waals surface area contributed by atoms with Crippen molar-refractivity contribution in [3.05, 3.63) is 95.1 Å². The zero-order valence-corrected chi connectivity index (χ0v) is 17.0. The first-order valence-corrected chi connectivity index (χ1v) is 10.3. The van der Waals surface area contributed by atoms with Crippen LogP contribution in [0.25, 0.3) is 57.5 Å². The highest BCUT2D eigenvalue weighted by atomic mass is 14.8. The average Bonchev–Trinajstić information content (AvgIpc) is 3.58. The van der Waals surface area contributed by atoms with E-state index < -0.39 is 0 Å². The van der Waals surface area contributed by atoms with Crippen molar-refractivity contribution in [1.82, 2.24) is 19.9 Å². The van der Waals surface area contributed by atoms with E-state index in [1.807, 2.05) is 91.0 Å². The number of nitrogens with zero attached hydrogens (tertiary/aromatic N) is 3. The summed E-state index contributed by atoms with van der Waals surface area (Å²) < 4.78 is 0. The smallest absolute Gasteiger partial charge is 0.102 e. The number of fused-ring (bicyclic) bond motifs is 8. The van der Waals surface area contributed by atoms with Gasteiger partial charge < -0.3 is 9.97 Å². The standard InChI is InChI=1S/C27H17N5/c28-16-24-25-14-22-10-8-20(30-22)12-18-6-7-19(29-18)13-21-9-11-23(31-21)15-26(32-25)27(24)17-4-2-1-3-5-17/h1-15,29,32H. The van der Waals surface area contributed by atoms with Gasteiger partial charge in [0, 0.05) is 22.1 Å². The maximum atomic E-state index is 10.1. The molecule has 8 bridgehead atoms. The number of aromatic nitrogens is 4. The Hall–Kier alpha value is -4.69. The van der Waals surface area contributed by atoms with Crippen molar-refractivity contribution in [3.8, 4) is 17.2 Å². The van der Waals surface area contributed by atoms with Gasteiger partial charge in [-0.25, -0.2) is 9.97 Å². The lowest BCUT2D eigenvalue weighted by molar-refractivity contribution is 1.31. The molecule has 5 heteroatoms. The molecule has 0 fully saturated rings. The van der Waals surface area contributed by atoms with Crippen LogP contribution < -0.4 is 0 Å². The quantitative estimate of drug-likeness (QED) is 0.338. The number of nitrogens with one attached hydrogen (secondary N) is 2. The molecule has 5 nitrogen and oxygen atoms in total. The van der Waals surface area contributed by atoms with Gasteiger partial charge >= 0.3 is 0 Å². The van der Waals surface area contributed by atoms with Crippen molar-refractivity contribution in [2.24, 2.45) is 0 Å². The van der Waals surface area contributed by atoms with Crippen molar-refractivity contribution < 1.29 is 0 Å². The van der Waals surface area contributed by atoms with E-state index in [2.05, 4.69) is 16.0 Å². The van der Waals surface area contributed by atoms with Gasteiger partial charge in [-0.15, -0.1) is 0 Å². The number of hydrogen-bond acceptors (Lipinski definition) is 3. The highest BCUT2D eigenvalue weighted by Gasteiger charge is 2.14. The van der Waals surface area contributed by atoms with Crippen LogP contribution >= 0.6 is 0 Å². The van der Waals surface area contributed by atoms with Gasteiger partial charge in [0.25, 0.3) is 0 Å². The molecule has 150 valence electrons. The van der Waals surface area contributed by atoms with Gasteiger partial charge in [-0.05, 0) is 66.3 Å². The lowest BCUT2D eigenvalue weighted by atomic mass is 10.0. The summed E-state index contributed by atoms with van der Waals surface area (Å²) in [7, 11) is 0. The molecule has 1 aromatic carbocycles. The third-order valence-corrected chi connectivity index (χ3v) is 5.52. The fourth-order valence-corrected chi connectivity index (χ4v) is 4.10. The third kappa shape index (κ3) is 3.21. The van der Waals surface area contributed by atoms with Crippen LogP contribution in [0.2, 0.25) is 0 Å². The lowest BCUT2D eigenvalue weighted by Gasteiger charge is -1.99. The zero-order valence-electron chi connectivity index (χ0n) is 17.0. The van der Waals surface area contributed by atoms with Crippen LogP contribution in [0.15, 0.2) is 66.7 Å². The van der Waals surface area contributed by atoms with E-state index in [0.717, 1.165) is 56.0 Å². The van der Waals surface area contributed by atoms with E-state index in [9.17, 15) is 5.26 Å². The van der Waals surface area contributed by atoms with E-state index in [0.29, 0.717) is 5.56 Å². The molecule has 2 N–H and O–H groups in total. The highest BCUT2D eigenvalue weighted by molar-refractivity contribution is 5.94. The second kappa shape index (κ2) is 7.22. The molecule has 0 saturated carbocycles. The fraction of sp³-hybridized carbons (Fsp3) is 0. The summed E-state index contributed by atoms with van der Waals surface area (Å²) in [6.07, 6.45) is 7.90. The Morgan fingerprint density at radius 1 is 0.625 bits per heavy atom. The largest absolute Gasteiger partial charge is 0.355 e. The van der Waals surface area contributed by atoms with Crippen LogP contribution in [0.1, 0.15) is 28.3 Å². The number of nitriles is 1. The molecule has 0 radical (unpaired) electrons. The van der Waals surface area contributed by atoms with E-state index in [4.69, 9.17) is 9.97 Å². The summed E-state index contributed by atoms with van der Waals surface area (Å²) in [6, 6.07) is 24.3. The van der Waals surface area contributed by atoms with Gasteiger partial charge in [-0.2, -0.15) is 5.26 Å². The maximum absolute atomic E-state index is 10.1. The second-order valence-corrected chi connectivity index (χ2v) is 7.72. The Morgan fingerprint density at radius 2 is 1.19 bits per heavy atom. The Labute approximate surface area is 184 Å². The van der Waals surface area contributed by atoms with Crippen LogP contribution in [0, 0.1) is 11.3 Å². The molecule has 0 aliphatic carbocycles. The first kappa shape index (κ1) is 18.1. The number of H-pyrrole nitrogens is 2. The van der Waals surface area contributed by atoms with Gasteiger partial charge in [0.15, 0.2) is 0 Å². The Bertz CT molecular complexity index is 1630. The molecule has 32 heavy (non-hydrogen) atoms. The van der Waals surface area contributed by atoms with Gasteiger partial charge in [0.1, 0.15) is 6.07 Å². The van der Waals surface area contributed by atoms with Crippen LogP contribution in [0.4, 0.5) is 0 Å². The van der Waals surface area contributed by atoms with E-state index in [1.54, 1.807) is 0 Å². The normalized spacial score (nSPS) is 12.1. The van der Waals surface area contributed by atoms with Crippen molar-refractivity contribution in [1.29, 1.82) is 5.26 Å². The summed E-state index contributed by atoms with van der Waals surface area (Å²) in [5.74, 6) is 0. The number of rotatable bonds is 1. The molecule has 3 aromatic heterocycles.